The first-order valence-corrected chi connectivity index (χ1v) is 10.9. The van der Waals surface area contributed by atoms with Crippen LogP contribution in [-0.2, 0) is 4.79 Å². The molecule has 0 aromatic carbocycles. The summed E-state index contributed by atoms with van der Waals surface area (Å²) in [5, 5.41) is 10.2. The number of nitrogens with zero attached hydrogens (tertiary/aromatic N) is 1. The second kappa shape index (κ2) is 16.5. The van der Waals surface area contributed by atoms with E-state index < -0.39 is 0 Å². The van der Waals surface area contributed by atoms with Crippen LogP contribution in [-0.4, -0.2) is 69.2 Å². The summed E-state index contributed by atoms with van der Waals surface area (Å²) in [7, 11) is 0. The Hall–Kier alpha value is -0.690. The molecule has 0 spiro atoms. The highest BCUT2D eigenvalue weighted by molar-refractivity contribution is 5.81. The van der Waals surface area contributed by atoms with Crippen molar-refractivity contribution >= 4 is 5.91 Å². The quantitative estimate of drug-likeness (QED) is 0.438. The molecule has 0 bridgehead atoms. The van der Waals surface area contributed by atoms with Gasteiger partial charge in [-0.3, -0.25) is 4.79 Å². The normalized spacial score (nSPS) is 18.8. The third-order valence-electron chi connectivity index (χ3n) is 5.07. The number of hydrogen-bond donors (Lipinski definition) is 4. The molecular weight excluding hydrogens is 326 g/mol. The van der Waals surface area contributed by atoms with Crippen LogP contribution in [0.5, 0.6) is 0 Å². The Morgan fingerprint density at radius 1 is 0.808 bits per heavy atom. The minimum Gasteiger partial charge on any atom is -0.339 e. The van der Waals surface area contributed by atoms with Gasteiger partial charge in [-0.25, -0.2) is 0 Å². The molecule has 6 nitrogen and oxygen atoms in total. The maximum atomic E-state index is 12.7. The van der Waals surface area contributed by atoms with Gasteiger partial charge in [0.15, 0.2) is 0 Å². The Kier molecular flexibility index (Phi) is 14.8. The van der Waals surface area contributed by atoms with Gasteiger partial charge in [-0.05, 0) is 6.42 Å². The number of hydrogen-bond acceptors (Lipinski definition) is 5. The Morgan fingerprint density at radius 2 is 1.27 bits per heavy atom. The van der Waals surface area contributed by atoms with Crippen molar-refractivity contribution in [1.82, 2.24) is 20.9 Å². The SMILES string of the molecule is CCCCCCCCCC[C@H](N)C(=O)N1CCNCCNCCNCC1. The van der Waals surface area contributed by atoms with Crippen molar-refractivity contribution in [2.45, 2.75) is 70.8 Å². The number of amides is 1. The summed E-state index contributed by atoms with van der Waals surface area (Å²) in [6, 6.07) is -0.343. The first-order valence-electron chi connectivity index (χ1n) is 10.9. The lowest BCUT2D eigenvalue weighted by Crippen LogP contribution is -2.49. The summed E-state index contributed by atoms with van der Waals surface area (Å²) < 4.78 is 0. The Labute approximate surface area is 161 Å². The number of carbonyl (C=O) groups is 1. The van der Waals surface area contributed by atoms with E-state index in [1.807, 2.05) is 4.90 Å². The van der Waals surface area contributed by atoms with E-state index in [-0.39, 0.29) is 11.9 Å². The topological polar surface area (TPSA) is 82.4 Å². The zero-order chi connectivity index (χ0) is 18.9. The van der Waals surface area contributed by atoms with Crippen LogP contribution in [0, 0.1) is 0 Å². The third-order valence-corrected chi connectivity index (χ3v) is 5.07. The van der Waals surface area contributed by atoms with Gasteiger partial charge >= 0.3 is 0 Å². The van der Waals surface area contributed by atoms with Crippen LogP contribution in [0.25, 0.3) is 0 Å². The molecule has 154 valence electrons. The molecular formula is C20H43N5O. The monoisotopic (exact) mass is 369 g/mol. The minimum absolute atomic E-state index is 0.117. The van der Waals surface area contributed by atoms with Crippen molar-refractivity contribution in [3.05, 3.63) is 0 Å². The van der Waals surface area contributed by atoms with E-state index in [2.05, 4.69) is 22.9 Å². The van der Waals surface area contributed by atoms with Gasteiger partial charge in [0.2, 0.25) is 5.91 Å². The molecule has 0 saturated carbocycles. The molecule has 1 saturated heterocycles. The van der Waals surface area contributed by atoms with Gasteiger partial charge in [-0.15, -0.1) is 0 Å². The second-order valence-electron chi connectivity index (χ2n) is 7.45. The highest BCUT2D eigenvalue weighted by atomic mass is 16.2. The number of nitrogens with two attached hydrogens (primary N) is 1. The molecule has 0 aromatic heterocycles. The fraction of sp³-hybridized carbons (Fsp3) is 0.950. The lowest BCUT2D eigenvalue weighted by atomic mass is 10.0. The summed E-state index contributed by atoms with van der Waals surface area (Å²) >= 11 is 0. The number of unbranched alkanes of at least 4 members (excludes halogenated alkanes) is 7. The largest absolute Gasteiger partial charge is 0.339 e. The van der Waals surface area contributed by atoms with E-state index in [4.69, 9.17) is 5.73 Å². The van der Waals surface area contributed by atoms with Crippen LogP contribution in [0.15, 0.2) is 0 Å². The Morgan fingerprint density at radius 3 is 1.81 bits per heavy atom. The molecule has 0 radical (unpaired) electrons. The van der Waals surface area contributed by atoms with E-state index in [9.17, 15) is 4.79 Å². The molecule has 0 unspecified atom stereocenters. The molecule has 1 aliphatic rings. The van der Waals surface area contributed by atoms with Crippen LogP contribution in [0.4, 0.5) is 0 Å². The van der Waals surface area contributed by atoms with Crippen molar-refractivity contribution < 1.29 is 4.79 Å². The summed E-state index contributed by atoms with van der Waals surface area (Å²) in [6.07, 6.45) is 11.0. The molecule has 1 fully saturated rings. The standard InChI is InChI=1S/C20H43N5O/c1-2-3-4-5-6-7-8-9-10-19(21)20(26)25-17-15-23-13-11-22-12-14-24-16-18-25/h19,22-24H,2-18,21H2,1H3/t19-/m0/s1. The number of nitrogens with one attached hydrogen (secondary N) is 3. The van der Waals surface area contributed by atoms with E-state index >= 15 is 0 Å². The van der Waals surface area contributed by atoms with E-state index in [0.29, 0.717) is 0 Å². The van der Waals surface area contributed by atoms with Gasteiger partial charge in [-0.2, -0.15) is 0 Å². The molecule has 6 heteroatoms. The average Bonchev–Trinajstić information content (AvgIpc) is 2.63. The molecule has 26 heavy (non-hydrogen) atoms. The van der Waals surface area contributed by atoms with E-state index in [1.54, 1.807) is 0 Å². The van der Waals surface area contributed by atoms with Gasteiger partial charge in [0.05, 0.1) is 6.04 Å². The van der Waals surface area contributed by atoms with Crippen LogP contribution < -0.4 is 21.7 Å². The maximum Gasteiger partial charge on any atom is 0.239 e. The molecule has 1 atom stereocenters. The van der Waals surface area contributed by atoms with Crippen LogP contribution in [0.2, 0.25) is 0 Å². The summed E-state index contributed by atoms with van der Waals surface area (Å²) in [5.74, 6) is 0.117. The van der Waals surface area contributed by atoms with Gasteiger partial charge in [0.1, 0.15) is 0 Å². The van der Waals surface area contributed by atoms with Crippen molar-refractivity contribution in [3.8, 4) is 0 Å². The Bertz CT molecular complexity index is 328. The van der Waals surface area contributed by atoms with Crippen molar-refractivity contribution in [2.24, 2.45) is 5.73 Å². The van der Waals surface area contributed by atoms with Gasteiger partial charge in [0, 0.05) is 52.4 Å². The highest BCUT2D eigenvalue weighted by Crippen LogP contribution is 2.11. The number of carbonyl (C=O) groups excluding carboxylic acids is 1. The van der Waals surface area contributed by atoms with Crippen LogP contribution in [0.3, 0.4) is 0 Å². The second-order valence-corrected chi connectivity index (χ2v) is 7.45. The molecule has 0 aliphatic carbocycles. The predicted molar refractivity (Wildman–Crippen MR) is 110 cm³/mol. The lowest BCUT2D eigenvalue weighted by molar-refractivity contribution is -0.132. The van der Waals surface area contributed by atoms with Gasteiger partial charge < -0.3 is 26.6 Å². The zero-order valence-corrected chi connectivity index (χ0v) is 17.0. The number of rotatable bonds is 10. The first-order chi connectivity index (χ1) is 12.8. The molecule has 0 aromatic rings. The highest BCUT2D eigenvalue weighted by Gasteiger charge is 2.20. The smallest absolute Gasteiger partial charge is 0.239 e. The molecule has 1 aliphatic heterocycles. The van der Waals surface area contributed by atoms with E-state index in [0.717, 1.165) is 65.2 Å². The average molecular weight is 370 g/mol. The summed E-state index contributed by atoms with van der Waals surface area (Å²) in [4.78, 5) is 14.6. The lowest BCUT2D eigenvalue weighted by Gasteiger charge is -2.26. The fourth-order valence-electron chi connectivity index (χ4n) is 3.34. The minimum atomic E-state index is -0.343. The van der Waals surface area contributed by atoms with Gasteiger partial charge in [-0.1, -0.05) is 58.3 Å². The molecule has 1 amide bonds. The first kappa shape index (κ1) is 23.3. The molecule has 5 N–H and O–H groups in total. The molecule has 1 heterocycles. The van der Waals surface area contributed by atoms with E-state index in [1.165, 1.54) is 44.9 Å². The summed E-state index contributed by atoms with van der Waals surface area (Å²) in [6.45, 7) is 9.20. The van der Waals surface area contributed by atoms with Crippen molar-refractivity contribution in [3.63, 3.8) is 0 Å². The maximum absolute atomic E-state index is 12.7. The van der Waals surface area contributed by atoms with Crippen molar-refractivity contribution in [2.75, 3.05) is 52.4 Å². The Balaban J connectivity index is 2.20. The van der Waals surface area contributed by atoms with Crippen LogP contribution >= 0.6 is 0 Å². The zero-order valence-electron chi connectivity index (χ0n) is 17.0. The van der Waals surface area contributed by atoms with Crippen LogP contribution in [0.1, 0.15) is 64.7 Å². The fourth-order valence-corrected chi connectivity index (χ4v) is 3.34. The van der Waals surface area contributed by atoms with Crippen molar-refractivity contribution in [1.29, 1.82) is 0 Å². The van der Waals surface area contributed by atoms with Gasteiger partial charge in [0.25, 0.3) is 0 Å². The third kappa shape index (κ3) is 11.8. The predicted octanol–water partition coefficient (Wildman–Crippen LogP) is 1.46. The molecule has 1 rings (SSSR count). The summed E-state index contributed by atoms with van der Waals surface area (Å²) in [5.41, 5.74) is 6.20.